The minimum Gasteiger partial charge on any atom is -0.476 e. The minimum atomic E-state index is -4.57. The van der Waals surface area contributed by atoms with E-state index in [1.165, 1.54) is 37.6 Å². The molecule has 36 heavy (non-hydrogen) atoms. The fourth-order valence-corrected chi connectivity index (χ4v) is 4.15. The van der Waals surface area contributed by atoms with Crippen LogP contribution in [0.15, 0.2) is 60.8 Å². The maximum absolute atomic E-state index is 13.8. The number of benzene rings is 2. The molecule has 0 radical (unpaired) electrons. The van der Waals surface area contributed by atoms with Crippen LogP contribution in [0.5, 0.6) is 0 Å². The molecule has 2 aromatic carbocycles. The van der Waals surface area contributed by atoms with Gasteiger partial charge in [0.25, 0.3) is 0 Å². The molecule has 1 unspecified atom stereocenters. The minimum absolute atomic E-state index is 0.0130. The van der Waals surface area contributed by atoms with Crippen LogP contribution in [0.3, 0.4) is 0 Å². The highest BCUT2D eigenvalue weighted by Gasteiger charge is 2.40. The van der Waals surface area contributed by atoms with Gasteiger partial charge in [0.1, 0.15) is 11.2 Å². The van der Waals surface area contributed by atoms with Crippen molar-refractivity contribution >= 4 is 17.6 Å². The topological polar surface area (TPSA) is 93.8 Å². The number of ether oxygens (including phenoxy) is 1. The van der Waals surface area contributed by atoms with E-state index in [9.17, 15) is 32.3 Å². The van der Waals surface area contributed by atoms with Gasteiger partial charge in [0.2, 0.25) is 0 Å². The molecule has 11 heteroatoms. The molecule has 0 amide bonds. The largest absolute Gasteiger partial charge is 0.476 e. The van der Waals surface area contributed by atoms with E-state index in [0.717, 1.165) is 28.8 Å². The van der Waals surface area contributed by atoms with Gasteiger partial charge in [-0.1, -0.05) is 24.3 Å². The first kappa shape index (κ1) is 24.8. The van der Waals surface area contributed by atoms with Gasteiger partial charge in [-0.2, -0.15) is 18.3 Å². The molecule has 2 aromatic heterocycles. The van der Waals surface area contributed by atoms with Gasteiger partial charge in [0, 0.05) is 6.20 Å². The Bertz CT molecular complexity index is 1460. The number of carbonyl (C=O) groups excluding carboxylic acids is 1. The number of methoxy groups -OCH3 is 1. The molecule has 0 aliphatic rings. The van der Waals surface area contributed by atoms with E-state index < -0.39 is 40.6 Å². The zero-order chi connectivity index (χ0) is 26.3. The summed E-state index contributed by atoms with van der Waals surface area (Å²) in [6.07, 6.45) is -3.26. The van der Waals surface area contributed by atoms with Crippen LogP contribution in [0, 0.1) is 5.82 Å². The number of halogens is 4. The number of hydrogen-bond acceptors (Lipinski definition) is 5. The number of rotatable bonds is 6. The third-order valence-corrected chi connectivity index (χ3v) is 5.87. The molecule has 4 rings (SSSR count). The summed E-state index contributed by atoms with van der Waals surface area (Å²) in [6.45, 7) is 1.54. The molecule has 0 spiro atoms. The van der Waals surface area contributed by atoms with Crippen molar-refractivity contribution in [1.82, 2.24) is 14.6 Å². The summed E-state index contributed by atoms with van der Waals surface area (Å²) in [5.41, 5.74) is -2.01. The van der Waals surface area contributed by atoms with Crippen molar-refractivity contribution in [1.29, 1.82) is 0 Å². The fourth-order valence-electron chi connectivity index (χ4n) is 4.15. The van der Waals surface area contributed by atoms with Crippen molar-refractivity contribution in [3.8, 4) is 11.1 Å². The summed E-state index contributed by atoms with van der Waals surface area (Å²) < 4.78 is 59.1. The highest BCUT2D eigenvalue weighted by atomic mass is 19.4. The average Bonchev–Trinajstić information content (AvgIpc) is 3.23. The summed E-state index contributed by atoms with van der Waals surface area (Å²) in [5, 5.41) is 14.0. The van der Waals surface area contributed by atoms with Crippen molar-refractivity contribution in [3.05, 3.63) is 89.1 Å². The number of esters is 1. The van der Waals surface area contributed by atoms with Gasteiger partial charge in [0.15, 0.2) is 11.3 Å². The zero-order valence-electron chi connectivity index (χ0n) is 19.0. The first-order valence-electron chi connectivity index (χ1n) is 10.6. The quantitative estimate of drug-likeness (QED) is 0.298. The Morgan fingerprint density at radius 2 is 1.78 bits per heavy atom. The summed E-state index contributed by atoms with van der Waals surface area (Å²) in [5.74, 6) is -2.63. The Kier molecular flexibility index (Phi) is 6.25. The van der Waals surface area contributed by atoms with E-state index in [1.54, 1.807) is 13.0 Å². The van der Waals surface area contributed by atoms with Crippen LogP contribution in [0.4, 0.5) is 17.6 Å². The second-order valence-corrected chi connectivity index (χ2v) is 8.30. The predicted molar refractivity (Wildman–Crippen MR) is 120 cm³/mol. The Balaban J connectivity index is 1.94. The highest BCUT2D eigenvalue weighted by Crippen LogP contribution is 2.36. The molecule has 2 heterocycles. The molecule has 1 atom stereocenters. The number of fused-ring (bicyclic) bond motifs is 1. The van der Waals surface area contributed by atoms with Crippen molar-refractivity contribution in [3.63, 3.8) is 0 Å². The van der Waals surface area contributed by atoms with Gasteiger partial charge in [-0.15, -0.1) is 0 Å². The Hall–Kier alpha value is -4.28. The van der Waals surface area contributed by atoms with Gasteiger partial charge in [-0.3, -0.25) is 4.79 Å². The molecule has 0 bridgehead atoms. The van der Waals surface area contributed by atoms with E-state index in [-0.39, 0.29) is 28.9 Å². The SMILES string of the molecule is COC(=O)C(C)(Cc1cccc(F)c1)c1ccnc2c(-c3ccc(C(F)(F)F)cc3)c(C(=O)O)nn12. The van der Waals surface area contributed by atoms with Gasteiger partial charge in [-0.25, -0.2) is 18.7 Å². The maximum Gasteiger partial charge on any atom is 0.416 e. The summed E-state index contributed by atoms with van der Waals surface area (Å²) in [4.78, 5) is 29.3. The van der Waals surface area contributed by atoms with Crippen LogP contribution in [-0.4, -0.2) is 38.8 Å². The van der Waals surface area contributed by atoms with E-state index in [1.807, 2.05) is 0 Å². The molecule has 4 aromatic rings. The van der Waals surface area contributed by atoms with Crippen LogP contribution < -0.4 is 0 Å². The van der Waals surface area contributed by atoms with Crippen LogP contribution >= 0.6 is 0 Å². The molecule has 0 saturated heterocycles. The lowest BCUT2D eigenvalue weighted by Crippen LogP contribution is -2.38. The molecule has 186 valence electrons. The monoisotopic (exact) mass is 501 g/mol. The number of alkyl halides is 3. The summed E-state index contributed by atoms with van der Waals surface area (Å²) in [6, 6.07) is 11.0. The lowest BCUT2D eigenvalue weighted by Gasteiger charge is -2.27. The lowest BCUT2D eigenvalue weighted by molar-refractivity contribution is -0.147. The van der Waals surface area contributed by atoms with Crippen molar-refractivity contribution in [2.24, 2.45) is 0 Å². The second kappa shape index (κ2) is 9.06. The van der Waals surface area contributed by atoms with E-state index in [0.29, 0.717) is 5.56 Å². The number of hydrogen-bond donors (Lipinski definition) is 1. The lowest BCUT2D eigenvalue weighted by atomic mass is 9.80. The number of carboxylic acids is 1. The Labute approximate surface area is 202 Å². The number of nitrogens with zero attached hydrogens (tertiary/aromatic N) is 3. The fraction of sp³-hybridized carbons (Fsp3) is 0.200. The van der Waals surface area contributed by atoms with Crippen molar-refractivity contribution < 1.29 is 37.0 Å². The number of carbonyl (C=O) groups is 2. The van der Waals surface area contributed by atoms with Gasteiger partial charge >= 0.3 is 18.1 Å². The predicted octanol–water partition coefficient (Wildman–Crippen LogP) is 4.93. The van der Waals surface area contributed by atoms with Crippen molar-refractivity contribution in [2.45, 2.75) is 24.9 Å². The first-order valence-corrected chi connectivity index (χ1v) is 10.6. The molecule has 0 fully saturated rings. The van der Waals surface area contributed by atoms with Crippen LogP contribution in [0.25, 0.3) is 16.8 Å². The first-order chi connectivity index (χ1) is 17.0. The van der Waals surface area contributed by atoms with Gasteiger partial charge < -0.3 is 9.84 Å². The van der Waals surface area contributed by atoms with Crippen molar-refractivity contribution in [2.75, 3.05) is 7.11 Å². The van der Waals surface area contributed by atoms with Gasteiger partial charge in [0.05, 0.1) is 23.9 Å². The van der Waals surface area contributed by atoms with E-state index in [4.69, 9.17) is 4.74 Å². The van der Waals surface area contributed by atoms with Gasteiger partial charge in [-0.05, 0) is 54.8 Å². The van der Waals surface area contributed by atoms with E-state index >= 15 is 0 Å². The third kappa shape index (κ3) is 4.39. The zero-order valence-corrected chi connectivity index (χ0v) is 19.0. The standard InChI is InChI=1S/C25H19F4N3O4/c1-24(23(35)36-2,13-14-4-3-5-17(26)12-14)18-10-11-30-21-19(20(22(33)34)31-32(18)21)15-6-8-16(9-7-15)25(27,28)29/h3-12H,13H2,1-2H3,(H,33,34). The molecule has 7 nitrogen and oxygen atoms in total. The van der Waals surface area contributed by atoms with Crippen LogP contribution in [-0.2, 0) is 27.5 Å². The average molecular weight is 501 g/mol. The normalized spacial score (nSPS) is 13.4. The maximum atomic E-state index is 13.8. The smallest absolute Gasteiger partial charge is 0.416 e. The Morgan fingerprint density at radius 1 is 1.08 bits per heavy atom. The highest BCUT2D eigenvalue weighted by molar-refractivity contribution is 5.99. The number of aromatic carboxylic acids is 1. The molecule has 0 saturated carbocycles. The molecule has 0 aliphatic carbocycles. The van der Waals surface area contributed by atoms with E-state index in [2.05, 4.69) is 10.1 Å². The molecular formula is C25H19F4N3O4. The molecule has 1 N–H and O–H groups in total. The van der Waals surface area contributed by atoms with Crippen LogP contribution in [0.1, 0.15) is 34.2 Å². The summed E-state index contributed by atoms with van der Waals surface area (Å²) >= 11 is 0. The van der Waals surface area contributed by atoms with Crippen LogP contribution in [0.2, 0.25) is 0 Å². The number of aromatic nitrogens is 3. The Morgan fingerprint density at radius 3 is 2.36 bits per heavy atom. The summed E-state index contributed by atoms with van der Waals surface area (Å²) in [7, 11) is 1.18. The number of carboxylic acid groups (broad SMARTS) is 1. The molecule has 0 aliphatic heterocycles. The second-order valence-electron chi connectivity index (χ2n) is 8.30. The molecular weight excluding hydrogens is 482 g/mol. The third-order valence-electron chi connectivity index (χ3n) is 5.87.